The quantitative estimate of drug-likeness (QED) is 0.451. The molecule has 6 heteroatoms. The molecule has 0 aliphatic heterocycles. The lowest BCUT2D eigenvalue weighted by atomic mass is 9.86. The zero-order chi connectivity index (χ0) is 21.5. The molecule has 4 rings (SSSR count). The van der Waals surface area contributed by atoms with Gasteiger partial charge in [0.15, 0.2) is 0 Å². The molecule has 0 atom stereocenters. The van der Waals surface area contributed by atoms with Gasteiger partial charge in [-0.3, -0.25) is 9.71 Å². The Morgan fingerprint density at radius 2 is 1.67 bits per heavy atom. The molecule has 154 valence electrons. The first-order valence-corrected chi connectivity index (χ1v) is 11.6. The number of aromatic nitrogens is 1. The number of nitrogens with zero attached hydrogens (tertiary/aromatic N) is 1. The van der Waals surface area contributed by atoms with Gasteiger partial charge in [0.1, 0.15) is 11.3 Å². The molecule has 0 saturated heterocycles. The van der Waals surface area contributed by atoms with Crippen molar-refractivity contribution < 1.29 is 12.8 Å². The highest BCUT2D eigenvalue weighted by molar-refractivity contribution is 7.92. The molecule has 0 unspecified atom stereocenters. The van der Waals surface area contributed by atoms with Crippen LogP contribution in [0.4, 0.5) is 5.69 Å². The molecule has 2 aromatic heterocycles. The number of nitrogens with one attached hydrogen (secondary N) is 1. The number of benzene rings is 2. The lowest BCUT2D eigenvalue weighted by Gasteiger charge is -2.19. The molecule has 0 amide bonds. The molecule has 0 aliphatic rings. The number of sulfonamides is 1. The smallest absolute Gasteiger partial charge is 0.229 e. The molecule has 5 nitrogen and oxygen atoms in total. The van der Waals surface area contributed by atoms with Gasteiger partial charge in [-0.15, -0.1) is 0 Å². The Kier molecular flexibility index (Phi) is 4.90. The van der Waals surface area contributed by atoms with Crippen LogP contribution in [0.15, 0.2) is 71.4 Å². The zero-order valence-electron chi connectivity index (χ0n) is 17.4. The lowest BCUT2D eigenvalue weighted by Crippen LogP contribution is -2.10. The summed E-state index contributed by atoms with van der Waals surface area (Å²) in [5, 5.41) is 0.892. The highest BCUT2D eigenvalue weighted by Crippen LogP contribution is 2.35. The van der Waals surface area contributed by atoms with Crippen LogP contribution in [0.1, 0.15) is 26.3 Å². The minimum absolute atomic E-state index is 0.0890. The molecule has 2 heterocycles. The van der Waals surface area contributed by atoms with Crippen LogP contribution < -0.4 is 4.72 Å². The number of pyridine rings is 1. The van der Waals surface area contributed by atoms with E-state index in [0.717, 1.165) is 33.9 Å². The van der Waals surface area contributed by atoms with E-state index < -0.39 is 10.0 Å². The third kappa shape index (κ3) is 4.24. The standard InChI is InChI=1S/C24H24N2O3S/c1-24(2,3)19-10-8-16(9-11-19)21-15-25-14-18-13-22(29-23(18)21)17-6-5-7-20(12-17)26-30(4,27)28/h5-15,26H,1-4H3. The first-order chi connectivity index (χ1) is 14.1. The highest BCUT2D eigenvalue weighted by Gasteiger charge is 2.16. The number of anilines is 1. The average molecular weight is 421 g/mol. The van der Waals surface area contributed by atoms with Gasteiger partial charge in [0.25, 0.3) is 0 Å². The van der Waals surface area contributed by atoms with Crippen molar-refractivity contribution in [2.24, 2.45) is 0 Å². The van der Waals surface area contributed by atoms with Gasteiger partial charge in [0.2, 0.25) is 10.0 Å². The summed E-state index contributed by atoms with van der Waals surface area (Å²) in [5.74, 6) is 0.655. The van der Waals surface area contributed by atoms with Crippen molar-refractivity contribution in [1.29, 1.82) is 0 Å². The van der Waals surface area contributed by atoms with Crippen LogP contribution in [0, 0.1) is 0 Å². The number of hydrogen-bond donors (Lipinski definition) is 1. The highest BCUT2D eigenvalue weighted by atomic mass is 32.2. The van der Waals surface area contributed by atoms with E-state index in [1.54, 1.807) is 24.4 Å². The van der Waals surface area contributed by atoms with E-state index in [1.165, 1.54) is 5.56 Å². The van der Waals surface area contributed by atoms with E-state index in [9.17, 15) is 8.42 Å². The van der Waals surface area contributed by atoms with Gasteiger partial charge in [-0.25, -0.2) is 8.42 Å². The Bertz CT molecular complexity index is 1310. The van der Waals surface area contributed by atoms with Crippen molar-refractivity contribution >= 4 is 26.7 Å². The van der Waals surface area contributed by atoms with Crippen LogP contribution >= 0.6 is 0 Å². The third-order valence-corrected chi connectivity index (χ3v) is 5.54. The van der Waals surface area contributed by atoms with E-state index in [-0.39, 0.29) is 5.41 Å². The molecule has 30 heavy (non-hydrogen) atoms. The molecule has 0 aliphatic carbocycles. The monoisotopic (exact) mass is 420 g/mol. The fourth-order valence-corrected chi connectivity index (χ4v) is 3.97. The van der Waals surface area contributed by atoms with E-state index in [1.807, 2.05) is 18.3 Å². The summed E-state index contributed by atoms with van der Waals surface area (Å²) in [5.41, 5.74) is 5.34. The van der Waals surface area contributed by atoms with Crippen LogP contribution in [-0.2, 0) is 15.4 Å². The topological polar surface area (TPSA) is 72.2 Å². The minimum atomic E-state index is -3.35. The van der Waals surface area contributed by atoms with Crippen LogP contribution in [0.2, 0.25) is 0 Å². The SMILES string of the molecule is CC(C)(C)c1ccc(-c2cncc3cc(-c4cccc(NS(C)(=O)=O)c4)oc23)cc1. The Morgan fingerprint density at radius 3 is 2.33 bits per heavy atom. The second-order valence-corrected chi connectivity index (χ2v) is 10.2. The van der Waals surface area contributed by atoms with E-state index >= 15 is 0 Å². The summed E-state index contributed by atoms with van der Waals surface area (Å²) in [6.07, 6.45) is 4.71. The Morgan fingerprint density at radius 1 is 0.933 bits per heavy atom. The van der Waals surface area contributed by atoms with Crippen LogP contribution in [0.25, 0.3) is 33.4 Å². The average Bonchev–Trinajstić information content (AvgIpc) is 3.11. The van der Waals surface area contributed by atoms with Crippen LogP contribution in [-0.4, -0.2) is 19.7 Å². The largest absolute Gasteiger partial charge is 0.455 e. The van der Waals surface area contributed by atoms with Crippen molar-refractivity contribution in [3.8, 4) is 22.5 Å². The van der Waals surface area contributed by atoms with E-state index in [4.69, 9.17) is 4.42 Å². The molecular weight excluding hydrogens is 396 g/mol. The second kappa shape index (κ2) is 7.29. The van der Waals surface area contributed by atoms with Crippen LogP contribution in [0.3, 0.4) is 0 Å². The summed E-state index contributed by atoms with van der Waals surface area (Å²) >= 11 is 0. The molecule has 0 saturated carbocycles. The van der Waals surface area contributed by atoms with E-state index in [2.05, 4.69) is 54.7 Å². The van der Waals surface area contributed by atoms with Crippen molar-refractivity contribution in [1.82, 2.24) is 4.98 Å². The summed E-state index contributed by atoms with van der Waals surface area (Å²) in [6, 6.07) is 17.5. The van der Waals surface area contributed by atoms with Gasteiger partial charge in [0.05, 0.1) is 6.26 Å². The molecule has 4 aromatic rings. The van der Waals surface area contributed by atoms with Gasteiger partial charge < -0.3 is 4.42 Å². The van der Waals surface area contributed by atoms with Gasteiger partial charge in [-0.05, 0) is 34.7 Å². The Hall–Kier alpha value is -3.12. The molecule has 0 radical (unpaired) electrons. The normalized spacial score (nSPS) is 12.3. The van der Waals surface area contributed by atoms with Gasteiger partial charge in [-0.2, -0.15) is 0 Å². The fourth-order valence-electron chi connectivity index (χ4n) is 3.41. The summed E-state index contributed by atoms with van der Waals surface area (Å²) in [7, 11) is -3.35. The van der Waals surface area contributed by atoms with Crippen molar-refractivity contribution in [2.75, 3.05) is 11.0 Å². The van der Waals surface area contributed by atoms with Crippen molar-refractivity contribution in [2.45, 2.75) is 26.2 Å². The second-order valence-electron chi connectivity index (χ2n) is 8.50. The number of hydrogen-bond acceptors (Lipinski definition) is 4. The maximum atomic E-state index is 11.5. The first kappa shape index (κ1) is 20.2. The molecule has 0 bridgehead atoms. The van der Waals surface area contributed by atoms with Gasteiger partial charge in [0, 0.05) is 34.6 Å². The minimum Gasteiger partial charge on any atom is -0.455 e. The Balaban J connectivity index is 1.75. The lowest BCUT2D eigenvalue weighted by molar-refractivity contribution is 0.590. The third-order valence-electron chi connectivity index (χ3n) is 4.93. The number of furan rings is 1. The predicted octanol–water partition coefficient (Wildman–Crippen LogP) is 5.83. The molecule has 0 fully saturated rings. The van der Waals surface area contributed by atoms with Crippen molar-refractivity contribution in [3.63, 3.8) is 0 Å². The molecular formula is C24H24N2O3S. The zero-order valence-corrected chi connectivity index (χ0v) is 18.2. The fraction of sp³-hybridized carbons (Fsp3) is 0.208. The number of fused-ring (bicyclic) bond motifs is 1. The summed E-state index contributed by atoms with van der Waals surface area (Å²) < 4.78 is 31.8. The van der Waals surface area contributed by atoms with E-state index in [0.29, 0.717) is 11.4 Å². The summed E-state index contributed by atoms with van der Waals surface area (Å²) in [4.78, 5) is 4.38. The van der Waals surface area contributed by atoms with Crippen molar-refractivity contribution in [3.05, 3.63) is 72.6 Å². The summed E-state index contributed by atoms with van der Waals surface area (Å²) in [6.45, 7) is 6.57. The maximum absolute atomic E-state index is 11.5. The molecule has 2 aromatic carbocycles. The molecule has 1 N–H and O–H groups in total. The first-order valence-electron chi connectivity index (χ1n) is 9.67. The van der Waals surface area contributed by atoms with Gasteiger partial charge in [-0.1, -0.05) is 57.2 Å². The predicted molar refractivity (Wildman–Crippen MR) is 122 cm³/mol. The maximum Gasteiger partial charge on any atom is 0.229 e. The molecule has 0 spiro atoms. The van der Waals surface area contributed by atoms with Gasteiger partial charge >= 0.3 is 0 Å². The Labute approximate surface area is 176 Å². The van der Waals surface area contributed by atoms with Crippen LogP contribution in [0.5, 0.6) is 0 Å². The number of rotatable bonds is 4.